The molecule has 3 N–H and O–H groups in total. The average Bonchev–Trinajstić information content (AvgIpc) is 2.65. The molecule has 100 valence electrons. The number of ether oxygens (including phenoxy) is 2. The van der Waals surface area contributed by atoms with Gasteiger partial charge in [-0.15, -0.1) is 0 Å². The van der Waals surface area contributed by atoms with Crippen molar-refractivity contribution < 1.29 is 23.8 Å². The van der Waals surface area contributed by atoms with E-state index >= 15 is 0 Å². The number of aromatic nitrogens is 2. The lowest BCUT2D eigenvalue weighted by Crippen LogP contribution is -2.38. The zero-order valence-corrected chi connectivity index (χ0v) is 9.15. The largest absolute Gasteiger partial charge is 0.394 e. The molecule has 1 aliphatic rings. The van der Waals surface area contributed by atoms with Gasteiger partial charge in [-0.25, -0.2) is 4.79 Å². The van der Waals surface area contributed by atoms with Crippen LogP contribution in [0.2, 0.25) is 0 Å². The van der Waals surface area contributed by atoms with Crippen LogP contribution in [0.25, 0.3) is 0 Å². The molecule has 0 unspecified atom stereocenters. The fraction of sp³-hybridized carbons (Fsp3) is 0.600. The Balaban J connectivity index is 2.38. The number of methoxy groups -OCH3 is 1. The smallest absolute Gasteiger partial charge is 0.330 e. The molecule has 0 bridgehead atoms. The second-order valence-corrected chi connectivity index (χ2v) is 3.84. The molecule has 0 aliphatic carbocycles. The zero-order chi connectivity index (χ0) is 15.8. The predicted octanol–water partition coefficient (Wildman–Crippen LogP) is -2.20. The number of aromatic amines is 1. The van der Waals surface area contributed by atoms with Crippen molar-refractivity contribution in [2.75, 3.05) is 13.6 Å². The molecule has 1 aromatic heterocycles. The SMILES string of the molecule is [2H]C([2H])([2H])O[C@@H]1[C@H](O)[C@@H](CO)O[C@H]1n1ccc(=O)[nH]c1=O. The Kier molecular flexibility index (Phi) is 2.64. The number of hydrogen-bond acceptors (Lipinski definition) is 6. The monoisotopic (exact) mass is 261 g/mol. The van der Waals surface area contributed by atoms with Gasteiger partial charge in [0, 0.05) is 19.3 Å². The van der Waals surface area contributed by atoms with Crippen LogP contribution >= 0.6 is 0 Å². The Hall–Kier alpha value is -1.48. The second kappa shape index (κ2) is 5.02. The van der Waals surface area contributed by atoms with E-state index in [4.69, 9.17) is 18.7 Å². The molecule has 0 aromatic carbocycles. The molecule has 0 spiro atoms. The molecular weight excluding hydrogens is 244 g/mol. The molecule has 0 amide bonds. The Bertz CT molecular complexity index is 612. The molecule has 8 heteroatoms. The van der Waals surface area contributed by atoms with Crippen LogP contribution in [0.1, 0.15) is 10.3 Å². The van der Waals surface area contributed by atoms with E-state index in [1.165, 1.54) is 0 Å². The zero-order valence-electron chi connectivity index (χ0n) is 12.1. The van der Waals surface area contributed by atoms with Crippen molar-refractivity contribution in [3.05, 3.63) is 33.1 Å². The third-order valence-corrected chi connectivity index (χ3v) is 2.75. The maximum Gasteiger partial charge on any atom is 0.330 e. The van der Waals surface area contributed by atoms with E-state index in [2.05, 4.69) is 0 Å². The van der Waals surface area contributed by atoms with Crippen molar-refractivity contribution >= 4 is 0 Å². The number of H-pyrrole nitrogens is 1. The minimum Gasteiger partial charge on any atom is -0.394 e. The van der Waals surface area contributed by atoms with Crippen LogP contribution in [-0.2, 0) is 9.47 Å². The van der Waals surface area contributed by atoms with Gasteiger partial charge in [0.15, 0.2) is 6.23 Å². The maximum atomic E-state index is 11.7. The molecule has 4 atom stereocenters. The summed E-state index contributed by atoms with van der Waals surface area (Å²) in [7, 11) is -2.83. The summed E-state index contributed by atoms with van der Waals surface area (Å²) in [5.41, 5.74) is -1.49. The van der Waals surface area contributed by atoms with E-state index < -0.39 is 49.4 Å². The Labute approximate surface area is 106 Å². The van der Waals surface area contributed by atoms with Crippen LogP contribution < -0.4 is 11.2 Å². The highest BCUT2D eigenvalue weighted by Crippen LogP contribution is 2.29. The first-order valence-corrected chi connectivity index (χ1v) is 5.16. The third-order valence-electron chi connectivity index (χ3n) is 2.75. The first-order valence-electron chi connectivity index (χ1n) is 6.66. The van der Waals surface area contributed by atoms with Gasteiger partial charge in [0.1, 0.15) is 18.3 Å². The van der Waals surface area contributed by atoms with Gasteiger partial charge in [-0.05, 0) is 0 Å². The predicted molar refractivity (Wildman–Crippen MR) is 59.1 cm³/mol. The lowest BCUT2D eigenvalue weighted by atomic mass is 10.1. The minimum atomic E-state index is -2.83. The van der Waals surface area contributed by atoms with Crippen molar-refractivity contribution in [1.82, 2.24) is 9.55 Å². The van der Waals surface area contributed by atoms with Crippen LogP contribution in [0.15, 0.2) is 21.9 Å². The Morgan fingerprint density at radius 2 is 2.44 bits per heavy atom. The van der Waals surface area contributed by atoms with E-state index in [0.717, 1.165) is 16.8 Å². The van der Waals surface area contributed by atoms with Crippen molar-refractivity contribution in [2.45, 2.75) is 24.5 Å². The van der Waals surface area contributed by atoms with Crippen LogP contribution in [0, 0.1) is 0 Å². The molecule has 1 fully saturated rings. The second-order valence-electron chi connectivity index (χ2n) is 3.84. The summed E-state index contributed by atoms with van der Waals surface area (Å²) in [6.45, 7) is -0.587. The summed E-state index contributed by atoms with van der Waals surface area (Å²) in [6.07, 6.45) is -4.16. The lowest BCUT2D eigenvalue weighted by molar-refractivity contribution is -0.0625. The molecule has 2 heterocycles. The highest BCUT2D eigenvalue weighted by Gasteiger charge is 2.45. The van der Waals surface area contributed by atoms with Gasteiger partial charge < -0.3 is 19.7 Å². The fourth-order valence-electron chi connectivity index (χ4n) is 1.85. The lowest BCUT2D eigenvalue weighted by Gasteiger charge is -2.19. The van der Waals surface area contributed by atoms with Gasteiger partial charge in [-0.1, -0.05) is 0 Å². The van der Waals surface area contributed by atoms with Gasteiger partial charge in [0.2, 0.25) is 0 Å². The normalized spacial score (nSPS) is 34.9. The summed E-state index contributed by atoms with van der Waals surface area (Å²) in [4.78, 5) is 24.7. The van der Waals surface area contributed by atoms with Crippen molar-refractivity contribution in [1.29, 1.82) is 0 Å². The highest BCUT2D eigenvalue weighted by molar-refractivity contribution is 4.93. The van der Waals surface area contributed by atoms with Crippen LogP contribution in [0.5, 0.6) is 0 Å². The molecule has 0 saturated carbocycles. The Morgan fingerprint density at radius 3 is 3.06 bits per heavy atom. The first-order chi connectivity index (χ1) is 9.73. The summed E-state index contributed by atoms with van der Waals surface area (Å²) in [6, 6.07) is 1.04. The molecule has 1 aromatic rings. The minimum absolute atomic E-state index is 0.587. The van der Waals surface area contributed by atoms with E-state index in [-0.39, 0.29) is 0 Å². The van der Waals surface area contributed by atoms with E-state index in [9.17, 15) is 14.7 Å². The summed E-state index contributed by atoms with van der Waals surface area (Å²) in [5, 5.41) is 19.0. The summed E-state index contributed by atoms with van der Waals surface area (Å²) >= 11 is 0. The molecule has 1 aliphatic heterocycles. The van der Waals surface area contributed by atoms with Crippen LogP contribution in [-0.4, -0.2) is 51.7 Å². The summed E-state index contributed by atoms with van der Waals surface area (Å²) < 4.78 is 32.2. The van der Waals surface area contributed by atoms with Gasteiger partial charge in [-0.3, -0.25) is 14.3 Å². The molecule has 18 heavy (non-hydrogen) atoms. The first kappa shape index (κ1) is 9.45. The number of rotatable bonds is 3. The quantitative estimate of drug-likeness (QED) is 0.569. The number of nitrogens with one attached hydrogen (secondary N) is 1. The number of nitrogens with zero attached hydrogens (tertiary/aromatic N) is 1. The van der Waals surface area contributed by atoms with Gasteiger partial charge in [-0.2, -0.15) is 0 Å². The topological polar surface area (TPSA) is 114 Å². The number of hydrogen-bond donors (Lipinski definition) is 3. The van der Waals surface area contributed by atoms with E-state index in [1.54, 1.807) is 0 Å². The highest BCUT2D eigenvalue weighted by atomic mass is 16.6. The van der Waals surface area contributed by atoms with Crippen LogP contribution in [0.4, 0.5) is 0 Å². The standard InChI is InChI=1S/C10H14N2O6/c1-17-8-7(15)5(4-13)18-9(8)12-3-2-6(14)11-10(12)16/h2-3,5,7-9,13,15H,4H2,1H3,(H,11,14,16)/t5-,7-,8-,9-/m1/s1/i1D3. The van der Waals surface area contributed by atoms with Gasteiger partial charge in [0.25, 0.3) is 5.56 Å². The molecular formula is C10H14N2O6. The fourth-order valence-corrected chi connectivity index (χ4v) is 1.85. The van der Waals surface area contributed by atoms with E-state index in [1.807, 2.05) is 4.98 Å². The third kappa shape index (κ3) is 2.10. The van der Waals surface area contributed by atoms with Crippen molar-refractivity contribution in [3.8, 4) is 0 Å². The number of aliphatic hydroxyl groups is 2. The van der Waals surface area contributed by atoms with Crippen LogP contribution in [0.3, 0.4) is 0 Å². The number of aliphatic hydroxyl groups excluding tert-OH is 2. The average molecular weight is 261 g/mol. The maximum absolute atomic E-state index is 11.7. The Morgan fingerprint density at radius 1 is 1.67 bits per heavy atom. The van der Waals surface area contributed by atoms with Crippen molar-refractivity contribution in [3.63, 3.8) is 0 Å². The molecule has 2 rings (SSSR count). The van der Waals surface area contributed by atoms with Gasteiger partial charge >= 0.3 is 5.69 Å². The summed E-state index contributed by atoms with van der Waals surface area (Å²) in [5.74, 6) is 0. The van der Waals surface area contributed by atoms with Gasteiger partial charge in [0.05, 0.1) is 10.7 Å². The molecule has 8 nitrogen and oxygen atoms in total. The molecule has 0 radical (unpaired) electrons. The van der Waals surface area contributed by atoms with Crippen molar-refractivity contribution in [2.24, 2.45) is 0 Å². The van der Waals surface area contributed by atoms with E-state index in [0.29, 0.717) is 0 Å². The molecule has 1 saturated heterocycles.